The van der Waals surface area contributed by atoms with Gasteiger partial charge in [0.2, 0.25) is 17.7 Å². The van der Waals surface area contributed by atoms with Crippen LogP contribution in [0.3, 0.4) is 0 Å². The first-order valence-corrected chi connectivity index (χ1v) is 12.3. The minimum absolute atomic E-state index is 0.141. The fourth-order valence-electron chi connectivity index (χ4n) is 5.11. The summed E-state index contributed by atoms with van der Waals surface area (Å²) >= 11 is 0. The van der Waals surface area contributed by atoms with Crippen LogP contribution >= 0.6 is 0 Å². The van der Waals surface area contributed by atoms with Gasteiger partial charge in [0.1, 0.15) is 18.4 Å². The largest absolute Gasteiger partial charge is 0.481 e. The summed E-state index contributed by atoms with van der Waals surface area (Å²) in [6.07, 6.45) is 3.30. The summed E-state index contributed by atoms with van der Waals surface area (Å²) in [6.45, 7) is 4.07. The molecule has 0 bridgehead atoms. The summed E-state index contributed by atoms with van der Waals surface area (Å²) in [4.78, 5) is 62.8. The fourth-order valence-corrected chi connectivity index (χ4v) is 5.11. The molecule has 190 valence electrons. The molecule has 0 radical (unpaired) electrons. The minimum Gasteiger partial charge on any atom is -0.481 e. The first kappa shape index (κ1) is 26.4. The zero-order valence-electron chi connectivity index (χ0n) is 20.3. The average Bonchev–Trinajstić information content (AvgIpc) is 3.52. The maximum absolute atomic E-state index is 13.4. The van der Waals surface area contributed by atoms with Gasteiger partial charge in [0, 0.05) is 12.5 Å². The van der Waals surface area contributed by atoms with Crippen LogP contribution in [-0.4, -0.2) is 64.7 Å². The van der Waals surface area contributed by atoms with Gasteiger partial charge in [-0.2, -0.15) is 0 Å². The zero-order valence-corrected chi connectivity index (χ0v) is 20.3. The molecule has 9 heteroatoms. The summed E-state index contributed by atoms with van der Waals surface area (Å²) in [5.41, 5.74) is 1.22. The first-order valence-electron chi connectivity index (χ1n) is 12.3. The molecule has 4 unspecified atom stereocenters. The highest BCUT2D eigenvalue weighted by Gasteiger charge is 2.40. The highest BCUT2D eigenvalue weighted by molar-refractivity contribution is 5.94. The standard InChI is InChI=1S/C26H35N3O6/c1-16(2)23(28-24(33)19-11-10-18(13-19)17-7-4-3-5-8-17)26(35)29-12-6-9-21(29)25(34)27-20(15-30)14-22(31)32/h3-5,7-8,15-16,18-21,23H,6,9-14H2,1-2H3,(H,27,34)(H,28,33)(H,31,32)/t18?,19?,20?,21?,23-/m0/s1. The maximum Gasteiger partial charge on any atom is 0.305 e. The van der Waals surface area contributed by atoms with Crippen molar-refractivity contribution in [1.82, 2.24) is 15.5 Å². The monoisotopic (exact) mass is 485 g/mol. The van der Waals surface area contributed by atoms with Gasteiger partial charge in [0.15, 0.2) is 0 Å². The molecule has 2 aliphatic rings. The van der Waals surface area contributed by atoms with Crippen molar-refractivity contribution >= 4 is 30.0 Å². The number of nitrogens with zero attached hydrogens (tertiary/aromatic N) is 1. The van der Waals surface area contributed by atoms with Crippen LogP contribution in [0.5, 0.6) is 0 Å². The number of rotatable bonds is 10. The molecule has 35 heavy (non-hydrogen) atoms. The Morgan fingerprint density at radius 1 is 1.06 bits per heavy atom. The minimum atomic E-state index is -1.20. The lowest BCUT2D eigenvalue weighted by molar-refractivity contribution is -0.143. The zero-order chi connectivity index (χ0) is 25.5. The van der Waals surface area contributed by atoms with E-state index in [0.717, 1.165) is 19.3 Å². The van der Waals surface area contributed by atoms with Crippen LogP contribution in [0.1, 0.15) is 63.9 Å². The van der Waals surface area contributed by atoms with Crippen molar-refractivity contribution in [3.05, 3.63) is 35.9 Å². The van der Waals surface area contributed by atoms with Crippen molar-refractivity contribution in [2.45, 2.75) is 76.4 Å². The predicted molar refractivity (Wildman–Crippen MR) is 128 cm³/mol. The van der Waals surface area contributed by atoms with Gasteiger partial charge in [-0.05, 0) is 49.5 Å². The maximum atomic E-state index is 13.4. The third-order valence-corrected chi connectivity index (χ3v) is 7.03. The van der Waals surface area contributed by atoms with E-state index in [-0.39, 0.29) is 23.7 Å². The Bertz CT molecular complexity index is 934. The highest BCUT2D eigenvalue weighted by Crippen LogP contribution is 2.38. The van der Waals surface area contributed by atoms with Gasteiger partial charge in [0.25, 0.3) is 0 Å². The van der Waals surface area contributed by atoms with Crippen molar-refractivity contribution in [2.75, 3.05) is 6.54 Å². The summed E-state index contributed by atoms with van der Waals surface area (Å²) in [5, 5.41) is 14.3. The number of amides is 3. The number of carbonyl (C=O) groups excluding carboxylic acids is 4. The molecule has 3 N–H and O–H groups in total. The third kappa shape index (κ3) is 6.68. The molecular formula is C26H35N3O6. The van der Waals surface area contributed by atoms with Gasteiger partial charge < -0.3 is 25.4 Å². The molecule has 3 rings (SSSR count). The molecule has 9 nitrogen and oxygen atoms in total. The van der Waals surface area contributed by atoms with Crippen LogP contribution in [-0.2, 0) is 24.0 Å². The molecule has 3 amide bonds. The van der Waals surface area contributed by atoms with Gasteiger partial charge in [-0.15, -0.1) is 0 Å². The third-order valence-electron chi connectivity index (χ3n) is 7.03. The number of hydrogen-bond donors (Lipinski definition) is 3. The molecule has 1 heterocycles. The molecule has 1 saturated heterocycles. The van der Waals surface area contributed by atoms with Crippen LogP contribution in [0, 0.1) is 11.8 Å². The lowest BCUT2D eigenvalue weighted by Crippen LogP contribution is -2.56. The molecular weight excluding hydrogens is 450 g/mol. The number of carboxylic acids is 1. The van der Waals surface area contributed by atoms with Crippen LogP contribution in [0.2, 0.25) is 0 Å². The summed E-state index contributed by atoms with van der Waals surface area (Å²) in [7, 11) is 0. The van der Waals surface area contributed by atoms with E-state index in [1.54, 1.807) is 0 Å². The summed E-state index contributed by atoms with van der Waals surface area (Å²) < 4.78 is 0. The second-order valence-electron chi connectivity index (χ2n) is 9.89. The summed E-state index contributed by atoms with van der Waals surface area (Å²) in [5.74, 6) is -2.26. The topological polar surface area (TPSA) is 133 Å². The van der Waals surface area contributed by atoms with Crippen molar-refractivity contribution < 1.29 is 29.1 Å². The van der Waals surface area contributed by atoms with Gasteiger partial charge in [-0.1, -0.05) is 44.2 Å². The van der Waals surface area contributed by atoms with Crippen molar-refractivity contribution in [3.8, 4) is 0 Å². The number of carbonyl (C=O) groups is 5. The fraction of sp³-hybridized carbons (Fsp3) is 0.577. The number of likely N-dealkylation sites (tertiary alicyclic amines) is 1. The van der Waals surface area contributed by atoms with Crippen LogP contribution in [0.4, 0.5) is 0 Å². The molecule has 2 fully saturated rings. The van der Waals surface area contributed by atoms with Crippen LogP contribution in [0.15, 0.2) is 30.3 Å². The van der Waals surface area contributed by atoms with E-state index in [9.17, 15) is 24.0 Å². The Morgan fingerprint density at radius 3 is 2.40 bits per heavy atom. The molecule has 1 aromatic rings. The van der Waals surface area contributed by atoms with Gasteiger partial charge in [-0.3, -0.25) is 19.2 Å². The number of hydrogen-bond acceptors (Lipinski definition) is 5. The van der Waals surface area contributed by atoms with Gasteiger partial charge in [0.05, 0.1) is 12.5 Å². The Labute approximate surface area is 205 Å². The van der Waals surface area contributed by atoms with Gasteiger partial charge in [-0.25, -0.2) is 0 Å². The van der Waals surface area contributed by atoms with E-state index in [4.69, 9.17) is 5.11 Å². The first-order chi connectivity index (χ1) is 16.7. The predicted octanol–water partition coefficient (Wildman–Crippen LogP) is 1.86. The lowest BCUT2D eigenvalue weighted by atomic mass is 9.95. The Balaban J connectivity index is 1.63. The Morgan fingerprint density at radius 2 is 1.77 bits per heavy atom. The van der Waals surface area contributed by atoms with E-state index >= 15 is 0 Å². The quantitative estimate of drug-likeness (QED) is 0.433. The average molecular weight is 486 g/mol. The molecule has 1 aromatic carbocycles. The molecule has 0 aromatic heterocycles. The van der Waals surface area contributed by atoms with Crippen molar-refractivity contribution in [3.63, 3.8) is 0 Å². The smallest absolute Gasteiger partial charge is 0.305 e. The SMILES string of the molecule is CC(C)[C@H](NC(=O)C1CCC(c2ccccc2)C1)C(=O)N1CCCC1C(=O)NC(C=O)CC(=O)O. The lowest BCUT2D eigenvalue weighted by Gasteiger charge is -2.31. The van der Waals surface area contributed by atoms with Gasteiger partial charge >= 0.3 is 5.97 Å². The molecule has 1 aliphatic heterocycles. The Kier molecular flexibility index (Phi) is 9.01. The van der Waals surface area contributed by atoms with E-state index in [2.05, 4.69) is 22.8 Å². The molecule has 1 saturated carbocycles. The van der Waals surface area contributed by atoms with Crippen molar-refractivity contribution in [2.24, 2.45) is 11.8 Å². The number of aldehydes is 1. The van der Waals surface area contributed by atoms with E-state index < -0.39 is 36.4 Å². The summed E-state index contributed by atoms with van der Waals surface area (Å²) in [6, 6.07) is 7.40. The molecule has 0 spiro atoms. The normalized spacial score (nSPS) is 23.5. The van der Waals surface area contributed by atoms with Crippen LogP contribution < -0.4 is 10.6 Å². The number of carboxylic acid groups (broad SMARTS) is 1. The van der Waals surface area contributed by atoms with Crippen LogP contribution in [0.25, 0.3) is 0 Å². The van der Waals surface area contributed by atoms with E-state index in [1.165, 1.54) is 10.5 Å². The molecule has 5 atom stereocenters. The number of aliphatic carboxylic acids is 1. The highest BCUT2D eigenvalue weighted by atomic mass is 16.4. The second-order valence-corrected chi connectivity index (χ2v) is 9.89. The van der Waals surface area contributed by atoms with Crippen molar-refractivity contribution in [1.29, 1.82) is 0 Å². The second kappa shape index (κ2) is 12.0. The number of nitrogens with one attached hydrogen (secondary N) is 2. The molecule has 1 aliphatic carbocycles. The van der Waals surface area contributed by atoms with E-state index in [1.807, 2.05) is 32.0 Å². The van der Waals surface area contributed by atoms with E-state index in [0.29, 0.717) is 31.6 Å². The Hall–Kier alpha value is -3.23. The number of benzene rings is 1.